The summed E-state index contributed by atoms with van der Waals surface area (Å²) in [7, 11) is 0. The molecule has 0 radical (unpaired) electrons. The van der Waals surface area contributed by atoms with E-state index in [-0.39, 0.29) is 22.8 Å². The molecule has 0 aliphatic heterocycles. The molecule has 1 heterocycles. The van der Waals surface area contributed by atoms with Crippen LogP contribution >= 0.6 is 0 Å². The number of carboxylic acid groups (broad SMARTS) is 1. The number of nitrogens with one attached hydrogen (secondary N) is 2. The number of aromatic carboxylic acids is 1. The van der Waals surface area contributed by atoms with Crippen molar-refractivity contribution < 1.29 is 28.2 Å². The minimum absolute atomic E-state index is 0.136. The molecular weight excluding hydrogens is 288 g/mol. The van der Waals surface area contributed by atoms with Crippen molar-refractivity contribution >= 4 is 17.6 Å². The van der Waals surface area contributed by atoms with E-state index in [0.29, 0.717) is 0 Å². The molecular formula is C12H9F2N3O4. The normalized spacial score (nSPS) is 10.4. The van der Waals surface area contributed by atoms with Crippen LogP contribution in [0.25, 0.3) is 0 Å². The molecule has 7 nitrogen and oxygen atoms in total. The van der Waals surface area contributed by atoms with Crippen molar-refractivity contribution in [1.82, 2.24) is 9.97 Å². The van der Waals surface area contributed by atoms with Crippen molar-refractivity contribution in [2.45, 2.75) is 6.61 Å². The van der Waals surface area contributed by atoms with Gasteiger partial charge in [-0.1, -0.05) is 6.07 Å². The summed E-state index contributed by atoms with van der Waals surface area (Å²) in [6, 6.07) is 5.30. The van der Waals surface area contributed by atoms with E-state index in [2.05, 4.69) is 20.0 Å². The molecule has 9 heteroatoms. The molecule has 0 aliphatic carbocycles. The van der Waals surface area contributed by atoms with Gasteiger partial charge in [0.05, 0.1) is 6.33 Å². The zero-order valence-electron chi connectivity index (χ0n) is 10.3. The molecule has 1 amide bonds. The third-order valence-corrected chi connectivity index (χ3v) is 2.39. The molecule has 21 heavy (non-hydrogen) atoms. The molecule has 0 saturated heterocycles. The second kappa shape index (κ2) is 5.99. The number of nitrogens with zero attached hydrogens (tertiary/aromatic N) is 1. The highest BCUT2D eigenvalue weighted by atomic mass is 19.3. The number of ether oxygens (including phenoxy) is 1. The highest BCUT2D eigenvalue weighted by molar-refractivity contribution is 6.08. The van der Waals surface area contributed by atoms with Gasteiger partial charge in [-0.15, -0.1) is 0 Å². The maximum absolute atomic E-state index is 12.1. The molecule has 1 aromatic carbocycles. The predicted molar refractivity (Wildman–Crippen MR) is 66.6 cm³/mol. The third-order valence-electron chi connectivity index (χ3n) is 2.39. The van der Waals surface area contributed by atoms with Crippen LogP contribution in [-0.4, -0.2) is 33.6 Å². The van der Waals surface area contributed by atoms with Gasteiger partial charge in [0.25, 0.3) is 5.91 Å². The van der Waals surface area contributed by atoms with Crippen molar-refractivity contribution in [3.8, 4) is 5.75 Å². The Balaban J connectivity index is 2.16. The van der Waals surface area contributed by atoms with Crippen LogP contribution in [0.1, 0.15) is 21.0 Å². The van der Waals surface area contributed by atoms with Crippen LogP contribution in [0, 0.1) is 0 Å². The number of hydrogen-bond acceptors (Lipinski definition) is 4. The second-order valence-electron chi connectivity index (χ2n) is 3.79. The smallest absolute Gasteiger partial charge is 0.387 e. The number of rotatable bonds is 5. The number of anilines is 1. The Morgan fingerprint density at radius 1 is 1.38 bits per heavy atom. The van der Waals surface area contributed by atoms with Gasteiger partial charge in [0, 0.05) is 11.8 Å². The minimum Gasteiger partial charge on any atom is -0.477 e. The number of aromatic amines is 1. The van der Waals surface area contributed by atoms with E-state index < -0.39 is 18.5 Å². The fraction of sp³-hybridized carbons (Fsp3) is 0.0833. The average molecular weight is 297 g/mol. The maximum atomic E-state index is 12.1. The first-order valence-corrected chi connectivity index (χ1v) is 5.60. The molecule has 2 aromatic rings. The third kappa shape index (κ3) is 3.53. The molecule has 0 bridgehead atoms. The summed E-state index contributed by atoms with van der Waals surface area (Å²) < 4.78 is 28.4. The molecule has 0 spiro atoms. The van der Waals surface area contributed by atoms with Gasteiger partial charge in [0.1, 0.15) is 5.75 Å². The summed E-state index contributed by atoms with van der Waals surface area (Å²) in [6.45, 7) is -2.99. The van der Waals surface area contributed by atoms with E-state index in [1.165, 1.54) is 24.3 Å². The lowest BCUT2D eigenvalue weighted by Gasteiger charge is -2.07. The Morgan fingerprint density at radius 2 is 2.14 bits per heavy atom. The molecule has 1 aromatic heterocycles. The first-order valence-electron chi connectivity index (χ1n) is 5.60. The van der Waals surface area contributed by atoms with Crippen LogP contribution in [-0.2, 0) is 0 Å². The van der Waals surface area contributed by atoms with E-state index >= 15 is 0 Å². The number of benzene rings is 1. The first-order chi connectivity index (χ1) is 9.97. The van der Waals surface area contributed by atoms with E-state index in [1.807, 2.05) is 0 Å². The Bertz CT molecular complexity index is 672. The molecule has 2 rings (SSSR count). The molecule has 0 aliphatic rings. The zero-order valence-corrected chi connectivity index (χ0v) is 10.3. The van der Waals surface area contributed by atoms with E-state index in [1.54, 1.807) is 0 Å². The lowest BCUT2D eigenvalue weighted by Crippen LogP contribution is -2.16. The quantitative estimate of drug-likeness (QED) is 0.782. The van der Waals surface area contributed by atoms with Gasteiger partial charge >= 0.3 is 12.6 Å². The molecule has 0 saturated carbocycles. The van der Waals surface area contributed by atoms with Gasteiger partial charge in [-0.3, -0.25) is 4.79 Å². The van der Waals surface area contributed by atoms with Crippen LogP contribution in [0.5, 0.6) is 5.75 Å². The monoisotopic (exact) mass is 297 g/mol. The number of aromatic nitrogens is 2. The number of hydrogen-bond donors (Lipinski definition) is 3. The van der Waals surface area contributed by atoms with Crippen molar-refractivity contribution in [3.63, 3.8) is 0 Å². The second-order valence-corrected chi connectivity index (χ2v) is 3.79. The Labute approximate surface area is 116 Å². The number of carboxylic acids is 1. The van der Waals surface area contributed by atoms with Crippen molar-refractivity contribution in [1.29, 1.82) is 0 Å². The highest BCUT2D eigenvalue weighted by Gasteiger charge is 2.19. The topological polar surface area (TPSA) is 104 Å². The summed E-state index contributed by atoms with van der Waals surface area (Å²) >= 11 is 0. The fourth-order valence-corrected chi connectivity index (χ4v) is 1.57. The minimum atomic E-state index is -2.99. The Kier molecular flexibility index (Phi) is 4.12. The largest absolute Gasteiger partial charge is 0.477 e. The van der Waals surface area contributed by atoms with Crippen molar-refractivity contribution in [2.24, 2.45) is 0 Å². The fourth-order valence-electron chi connectivity index (χ4n) is 1.57. The van der Waals surface area contributed by atoms with E-state index in [0.717, 1.165) is 6.33 Å². The maximum Gasteiger partial charge on any atom is 0.387 e. The number of alkyl halides is 2. The average Bonchev–Trinajstić information content (AvgIpc) is 2.87. The molecule has 110 valence electrons. The number of carbonyl (C=O) groups is 2. The Hall–Kier alpha value is -2.97. The van der Waals surface area contributed by atoms with Gasteiger partial charge in [0.15, 0.2) is 11.4 Å². The molecule has 0 atom stereocenters. The van der Waals surface area contributed by atoms with E-state index in [9.17, 15) is 18.4 Å². The number of halogens is 2. The van der Waals surface area contributed by atoms with Gasteiger partial charge in [-0.05, 0) is 12.1 Å². The summed E-state index contributed by atoms with van der Waals surface area (Å²) in [6.07, 6.45) is 1.06. The predicted octanol–water partition coefficient (Wildman–Crippen LogP) is 1.96. The van der Waals surface area contributed by atoms with Crippen molar-refractivity contribution in [3.05, 3.63) is 42.0 Å². The standard InChI is InChI=1S/C12H9F2N3O4/c13-12(14)21-7-3-1-2-6(4-7)17-10(18)8-9(11(19)20)16-5-15-8/h1-5,12H,(H,15,16)(H,17,18)(H,19,20). The summed E-state index contributed by atoms with van der Waals surface area (Å²) in [5.74, 6) is -2.27. The summed E-state index contributed by atoms with van der Waals surface area (Å²) in [4.78, 5) is 28.7. The van der Waals surface area contributed by atoms with Gasteiger partial charge < -0.3 is 20.1 Å². The van der Waals surface area contributed by atoms with Crippen LogP contribution in [0.2, 0.25) is 0 Å². The van der Waals surface area contributed by atoms with Crippen LogP contribution in [0.15, 0.2) is 30.6 Å². The first kappa shape index (κ1) is 14.4. The van der Waals surface area contributed by atoms with Crippen LogP contribution in [0.4, 0.5) is 14.5 Å². The number of amides is 1. The summed E-state index contributed by atoms with van der Waals surface area (Å²) in [5.41, 5.74) is -0.521. The van der Waals surface area contributed by atoms with Gasteiger partial charge in [-0.25, -0.2) is 9.78 Å². The number of imidazole rings is 1. The summed E-state index contributed by atoms with van der Waals surface area (Å²) in [5, 5.41) is 11.2. The SMILES string of the molecule is O=C(Nc1cccc(OC(F)F)c1)c1nc[nH]c1C(=O)O. The zero-order chi connectivity index (χ0) is 15.4. The molecule has 0 fully saturated rings. The highest BCUT2D eigenvalue weighted by Crippen LogP contribution is 2.20. The van der Waals surface area contributed by atoms with Crippen molar-refractivity contribution in [2.75, 3.05) is 5.32 Å². The van der Waals surface area contributed by atoms with Gasteiger partial charge in [0.2, 0.25) is 0 Å². The van der Waals surface area contributed by atoms with Gasteiger partial charge in [-0.2, -0.15) is 8.78 Å². The lowest BCUT2D eigenvalue weighted by atomic mass is 10.2. The number of H-pyrrole nitrogens is 1. The van der Waals surface area contributed by atoms with Crippen LogP contribution in [0.3, 0.4) is 0 Å². The van der Waals surface area contributed by atoms with E-state index in [4.69, 9.17) is 5.11 Å². The number of carbonyl (C=O) groups excluding carboxylic acids is 1. The molecule has 3 N–H and O–H groups in total. The molecule has 0 unspecified atom stereocenters. The Morgan fingerprint density at radius 3 is 2.81 bits per heavy atom. The van der Waals surface area contributed by atoms with Crippen LogP contribution < -0.4 is 10.1 Å². The lowest BCUT2D eigenvalue weighted by molar-refractivity contribution is -0.0498.